The molecule has 5 nitrogen and oxygen atoms in total. The fourth-order valence-electron chi connectivity index (χ4n) is 2.77. The van der Waals surface area contributed by atoms with Crippen LogP contribution in [-0.2, 0) is 0 Å². The van der Waals surface area contributed by atoms with Gasteiger partial charge in [-0.3, -0.25) is 4.79 Å². The first-order valence-electron chi connectivity index (χ1n) is 7.67. The van der Waals surface area contributed by atoms with Crippen molar-refractivity contribution in [3.05, 3.63) is 54.1 Å². The fourth-order valence-corrected chi connectivity index (χ4v) is 2.77. The summed E-state index contributed by atoms with van der Waals surface area (Å²) in [5.74, 6) is 0.0877. The minimum absolute atomic E-state index is 0.0325. The van der Waals surface area contributed by atoms with Crippen molar-refractivity contribution in [1.29, 1.82) is 0 Å². The number of carbonyl (C=O) groups is 1. The number of carbonyl (C=O) groups excluding carboxylic acids is 1. The molecule has 1 amide bonds. The molecular weight excluding hydrogens is 294 g/mol. The molecule has 0 radical (unpaired) electrons. The molecule has 2 aromatic carbocycles. The van der Waals surface area contributed by atoms with Gasteiger partial charge in [0.2, 0.25) is 0 Å². The summed E-state index contributed by atoms with van der Waals surface area (Å²) in [5, 5.41) is 19.6. The lowest BCUT2D eigenvalue weighted by Crippen LogP contribution is -2.41. The number of rotatable bonds is 3. The number of benzene rings is 2. The van der Waals surface area contributed by atoms with Gasteiger partial charge in [0, 0.05) is 25.9 Å². The van der Waals surface area contributed by atoms with E-state index in [2.05, 4.69) is 0 Å². The van der Waals surface area contributed by atoms with Crippen molar-refractivity contribution in [2.24, 2.45) is 0 Å². The number of aromatic hydroxyl groups is 2. The molecule has 0 bridgehead atoms. The molecule has 0 spiro atoms. The van der Waals surface area contributed by atoms with Crippen molar-refractivity contribution in [1.82, 2.24) is 4.90 Å². The Hall–Kier alpha value is -2.69. The Morgan fingerprint density at radius 1 is 0.957 bits per heavy atom. The van der Waals surface area contributed by atoms with Gasteiger partial charge in [0.05, 0.1) is 0 Å². The minimum Gasteiger partial charge on any atom is -0.507 e. The molecule has 1 aliphatic heterocycles. The summed E-state index contributed by atoms with van der Waals surface area (Å²) in [6, 6.07) is 13.9. The summed E-state index contributed by atoms with van der Waals surface area (Å²) in [6.07, 6.45) is 1.50. The molecule has 1 saturated heterocycles. The first-order chi connectivity index (χ1) is 11.1. The van der Waals surface area contributed by atoms with Crippen molar-refractivity contribution in [3.63, 3.8) is 0 Å². The summed E-state index contributed by atoms with van der Waals surface area (Å²) >= 11 is 0. The van der Waals surface area contributed by atoms with E-state index in [0.717, 1.165) is 18.6 Å². The number of nitrogens with zero attached hydrogens (tertiary/aromatic N) is 1. The Labute approximate surface area is 134 Å². The highest BCUT2D eigenvalue weighted by Gasteiger charge is 2.27. The van der Waals surface area contributed by atoms with E-state index in [4.69, 9.17) is 4.74 Å². The molecule has 5 heteroatoms. The van der Waals surface area contributed by atoms with Crippen LogP contribution in [-0.4, -0.2) is 40.2 Å². The lowest BCUT2D eigenvalue weighted by atomic mass is 10.1. The minimum atomic E-state index is -0.348. The van der Waals surface area contributed by atoms with Gasteiger partial charge in [0.1, 0.15) is 28.9 Å². The van der Waals surface area contributed by atoms with Gasteiger partial charge in [-0.1, -0.05) is 24.3 Å². The highest BCUT2D eigenvalue weighted by Crippen LogP contribution is 2.29. The maximum atomic E-state index is 12.5. The van der Waals surface area contributed by atoms with E-state index in [9.17, 15) is 15.0 Å². The lowest BCUT2D eigenvalue weighted by Gasteiger charge is -2.32. The monoisotopic (exact) mass is 313 g/mol. The molecule has 2 aromatic rings. The Morgan fingerprint density at radius 2 is 1.57 bits per heavy atom. The predicted octanol–water partition coefficient (Wildman–Crippen LogP) is 2.78. The molecule has 1 aliphatic rings. The number of hydrogen-bond acceptors (Lipinski definition) is 4. The quantitative estimate of drug-likeness (QED) is 0.914. The number of phenolic OH excluding ortho intramolecular Hbond substituents is 2. The topological polar surface area (TPSA) is 70.0 Å². The van der Waals surface area contributed by atoms with E-state index in [0.29, 0.717) is 13.1 Å². The molecule has 0 unspecified atom stereocenters. The molecule has 3 rings (SSSR count). The summed E-state index contributed by atoms with van der Waals surface area (Å²) in [4.78, 5) is 14.1. The van der Waals surface area contributed by atoms with Gasteiger partial charge in [-0.15, -0.1) is 0 Å². The normalized spacial score (nSPS) is 15.4. The second kappa shape index (κ2) is 6.60. The van der Waals surface area contributed by atoms with Crippen LogP contribution in [0.2, 0.25) is 0 Å². The third-order valence-electron chi connectivity index (χ3n) is 4.01. The molecule has 0 aliphatic carbocycles. The molecular formula is C18H19NO4. The van der Waals surface area contributed by atoms with Crippen molar-refractivity contribution >= 4 is 5.91 Å². The van der Waals surface area contributed by atoms with E-state index < -0.39 is 0 Å². The summed E-state index contributed by atoms with van der Waals surface area (Å²) in [6.45, 7) is 1.06. The number of ether oxygens (including phenoxy) is 1. The van der Waals surface area contributed by atoms with Crippen LogP contribution >= 0.6 is 0 Å². The van der Waals surface area contributed by atoms with Gasteiger partial charge in [-0.2, -0.15) is 0 Å². The largest absolute Gasteiger partial charge is 0.507 e. The molecule has 0 aromatic heterocycles. The summed E-state index contributed by atoms with van der Waals surface area (Å²) < 4.78 is 5.90. The zero-order valence-electron chi connectivity index (χ0n) is 12.7. The molecule has 2 N–H and O–H groups in total. The van der Waals surface area contributed by atoms with Crippen molar-refractivity contribution in [2.45, 2.75) is 18.9 Å². The van der Waals surface area contributed by atoms with Gasteiger partial charge in [-0.25, -0.2) is 0 Å². The molecule has 0 saturated carbocycles. The van der Waals surface area contributed by atoms with Crippen molar-refractivity contribution < 1.29 is 19.7 Å². The smallest absolute Gasteiger partial charge is 0.261 e. The van der Waals surface area contributed by atoms with Crippen LogP contribution in [0.25, 0.3) is 0 Å². The second-order valence-corrected chi connectivity index (χ2v) is 5.59. The van der Waals surface area contributed by atoms with Crippen LogP contribution < -0.4 is 4.74 Å². The number of likely N-dealkylation sites (tertiary alicyclic amines) is 1. The number of piperidine rings is 1. The number of amides is 1. The van der Waals surface area contributed by atoms with Crippen molar-refractivity contribution in [3.8, 4) is 17.2 Å². The zero-order valence-corrected chi connectivity index (χ0v) is 12.7. The van der Waals surface area contributed by atoms with E-state index in [-0.39, 0.29) is 29.1 Å². The lowest BCUT2D eigenvalue weighted by molar-refractivity contribution is 0.0590. The molecule has 1 fully saturated rings. The van der Waals surface area contributed by atoms with Gasteiger partial charge in [-0.05, 0) is 24.3 Å². The van der Waals surface area contributed by atoms with Crippen LogP contribution in [0, 0.1) is 0 Å². The van der Waals surface area contributed by atoms with Crippen LogP contribution in [0.15, 0.2) is 48.5 Å². The first kappa shape index (κ1) is 15.2. The second-order valence-electron chi connectivity index (χ2n) is 5.59. The van der Waals surface area contributed by atoms with Gasteiger partial charge >= 0.3 is 0 Å². The van der Waals surface area contributed by atoms with Crippen LogP contribution in [0.5, 0.6) is 17.2 Å². The Kier molecular flexibility index (Phi) is 4.37. The number of para-hydroxylation sites is 1. The Morgan fingerprint density at radius 3 is 2.17 bits per heavy atom. The van der Waals surface area contributed by atoms with E-state index in [1.807, 2.05) is 30.3 Å². The molecule has 23 heavy (non-hydrogen) atoms. The number of phenols is 2. The van der Waals surface area contributed by atoms with Crippen LogP contribution in [0.4, 0.5) is 0 Å². The van der Waals surface area contributed by atoms with Crippen molar-refractivity contribution in [2.75, 3.05) is 13.1 Å². The van der Waals surface area contributed by atoms with E-state index >= 15 is 0 Å². The number of hydrogen-bond donors (Lipinski definition) is 2. The Bertz CT molecular complexity index is 658. The first-order valence-corrected chi connectivity index (χ1v) is 7.67. The third kappa shape index (κ3) is 3.39. The van der Waals surface area contributed by atoms with Gasteiger partial charge in [0.15, 0.2) is 0 Å². The fraction of sp³-hybridized carbons (Fsp3) is 0.278. The maximum Gasteiger partial charge on any atom is 0.261 e. The van der Waals surface area contributed by atoms with Crippen LogP contribution in [0.1, 0.15) is 23.2 Å². The average molecular weight is 313 g/mol. The van der Waals surface area contributed by atoms with Gasteiger partial charge < -0.3 is 19.8 Å². The summed E-state index contributed by atoms with van der Waals surface area (Å²) in [5.41, 5.74) is -0.0325. The third-order valence-corrected chi connectivity index (χ3v) is 4.01. The van der Waals surface area contributed by atoms with Gasteiger partial charge in [0.25, 0.3) is 5.91 Å². The summed E-state index contributed by atoms with van der Waals surface area (Å²) in [7, 11) is 0. The Balaban J connectivity index is 1.62. The van der Waals surface area contributed by atoms with E-state index in [1.165, 1.54) is 18.2 Å². The highest BCUT2D eigenvalue weighted by molar-refractivity contribution is 5.99. The molecule has 120 valence electrons. The highest BCUT2D eigenvalue weighted by atomic mass is 16.5. The average Bonchev–Trinajstić information content (AvgIpc) is 2.56. The van der Waals surface area contributed by atoms with Crippen LogP contribution in [0.3, 0.4) is 0 Å². The SMILES string of the molecule is O=C(c1c(O)cccc1O)N1CCC(Oc2ccccc2)CC1. The molecule has 0 atom stereocenters. The maximum absolute atomic E-state index is 12.5. The standard InChI is InChI=1S/C18H19NO4/c20-15-7-4-8-16(21)17(15)18(22)19-11-9-14(10-12-19)23-13-5-2-1-3-6-13/h1-8,14,20-21H,9-12H2. The zero-order chi connectivity index (χ0) is 16.2. The van der Waals surface area contributed by atoms with E-state index in [1.54, 1.807) is 4.90 Å². The molecule has 1 heterocycles. The predicted molar refractivity (Wildman–Crippen MR) is 85.8 cm³/mol.